The highest BCUT2D eigenvalue weighted by atomic mass is 16.5. The minimum absolute atomic E-state index is 0.0850. The Hall–Kier alpha value is -0.120. The molecule has 2 unspecified atom stereocenters. The second-order valence-electron chi connectivity index (χ2n) is 4.77. The first-order valence-corrected chi connectivity index (χ1v) is 6.01. The normalized spacial score (nSPS) is 24.8. The lowest BCUT2D eigenvalue weighted by Gasteiger charge is -2.44. The van der Waals surface area contributed by atoms with E-state index in [1.807, 2.05) is 0 Å². The van der Waals surface area contributed by atoms with Gasteiger partial charge < -0.3 is 14.7 Å². The molecule has 0 aliphatic carbocycles. The molecule has 2 atom stereocenters. The molecule has 0 radical (unpaired) electrons. The molecule has 0 saturated carbocycles. The maximum Gasteiger partial charge on any atom is 0.0774 e. The Morgan fingerprint density at radius 2 is 2.00 bits per heavy atom. The summed E-state index contributed by atoms with van der Waals surface area (Å²) in [6.07, 6.45) is 2.68. The Labute approximate surface area is 93.4 Å². The van der Waals surface area contributed by atoms with Crippen LogP contribution in [0.25, 0.3) is 0 Å². The summed E-state index contributed by atoms with van der Waals surface area (Å²) in [5.41, 5.74) is -0.0850. The van der Waals surface area contributed by atoms with Crippen LogP contribution >= 0.6 is 0 Å². The molecule has 1 N–H and O–H groups in total. The van der Waals surface area contributed by atoms with Crippen LogP contribution in [0.3, 0.4) is 0 Å². The average molecular weight is 215 g/mol. The van der Waals surface area contributed by atoms with Crippen LogP contribution in [-0.2, 0) is 4.74 Å². The highest BCUT2D eigenvalue weighted by molar-refractivity contribution is 4.96. The maximum atomic E-state index is 10.5. The lowest BCUT2D eigenvalue weighted by Crippen LogP contribution is -2.55. The fourth-order valence-corrected chi connectivity index (χ4v) is 2.81. The molecule has 0 bridgehead atoms. The minimum Gasteiger partial charge on any atom is -0.391 e. The molecule has 0 aromatic heterocycles. The molecule has 1 rings (SSSR count). The van der Waals surface area contributed by atoms with E-state index in [2.05, 4.69) is 32.8 Å². The van der Waals surface area contributed by atoms with Crippen LogP contribution in [0.5, 0.6) is 0 Å². The van der Waals surface area contributed by atoms with Gasteiger partial charge in [0.25, 0.3) is 0 Å². The number of hydrogen-bond donors (Lipinski definition) is 1. The molecule has 90 valence electrons. The molecule has 1 heterocycles. The molecule has 0 aromatic rings. The molecule has 0 spiro atoms. The zero-order valence-electron chi connectivity index (χ0n) is 10.5. The van der Waals surface area contributed by atoms with Crippen LogP contribution in [0, 0.1) is 5.92 Å². The van der Waals surface area contributed by atoms with Crippen molar-refractivity contribution in [2.45, 2.75) is 44.8 Å². The quantitative estimate of drug-likeness (QED) is 0.754. The third kappa shape index (κ3) is 2.35. The van der Waals surface area contributed by atoms with E-state index in [0.29, 0.717) is 5.92 Å². The van der Waals surface area contributed by atoms with Crippen molar-refractivity contribution >= 4 is 0 Å². The van der Waals surface area contributed by atoms with Crippen LogP contribution in [0.2, 0.25) is 0 Å². The van der Waals surface area contributed by atoms with Crippen LogP contribution in [0.4, 0.5) is 0 Å². The number of rotatable bonds is 5. The van der Waals surface area contributed by atoms with Gasteiger partial charge in [0.15, 0.2) is 0 Å². The third-order valence-corrected chi connectivity index (χ3v) is 4.08. The van der Waals surface area contributed by atoms with Crippen molar-refractivity contribution in [1.29, 1.82) is 0 Å². The van der Waals surface area contributed by atoms with Crippen LogP contribution in [0.1, 0.15) is 33.1 Å². The Morgan fingerprint density at radius 1 is 1.40 bits per heavy atom. The zero-order chi connectivity index (χ0) is 11.5. The van der Waals surface area contributed by atoms with E-state index in [0.717, 1.165) is 32.5 Å². The average Bonchev–Trinajstić information content (AvgIpc) is 2.72. The first kappa shape index (κ1) is 12.9. The Morgan fingerprint density at radius 3 is 2.33 bits per heavy atom. The predicted molar refractivity (Wildman–Crippen MR) is 61.9 cm³/mol. The summed E-state index contributed by atoms with van der Waals surface area (Å²) < 4.78 is 5.36. The summed E-state index contributed by atoms with van der Waals surface area (Å²) in [6, 6.07) is 0. The van der Waals surface area contributed by atoms with Gasteiger partial charge in [-0.2, -0.15) is 0 Å². The molecule has 0 aromatic carbocycles. The van der Waals surface area contributed by atoms with E-state index in [-0.39, 0.29) is 11.6 Å². The van der Waals surface area contributed by atoms with Crippen LogP contribution < -0.4 is 0 Å². The number of aliphatic hydroxyl groups excluding tert-OH is 1. The molecule has 1 fully saturated rings. The van der Waals surface area contributed by atoms with Gasteiger partial charge in [-0.05, 0) is 33.4 Å². The number of likely N-dealkylation sites (N-methyl/N-ethyl adjacent to an activating group) is 1. The van der Waals surface area contributed by atoms with Crippen molar-refractivity contribution in [2.24, 2.45) is 5.92 Å². The highest BCUT2D eigenvalue weighted by Crippen LogP contribution is 2.33. The second-order valence-corrected chi connectivity index (χ2v) is 4.77. The fraction of sp³-hybridized carbons (Fsp3) is 1.00. The first-order chi connectivity index (χ1) is 7.08. The van der Waals surface area contributed by atoms with Gasteiger partial charge in [-0.15, -0.1) is 0 Å². The highest BCUT2D eigenvalue weighted by Gasteiger charge is 2.42. The van der Waals surface area contributed by atoms with Gasteiger partial charge in [-0.25, -0.2) is 0 Å². The van der Waals surface area contributed by atoms with Gasteiger partial charge in [0.05, 0.1) is 12.7 Å². The van der Waals surface area contributed by atoms with Crippen molar-refractivity contribution in [2.75, 3.05) is 27.3 Å². The molecule has 1 saturated heterocycles. The molecule has 0 amide bonds. The standard InChI is InChI=1S/C12H25NO2/c1-5-12(6-2,13(3)4)11(14)10-7-8-15-9-10/h10-11,14H,5-9H2,1-4H3. The van der Waals surface area contributed by atoms with E-state index in [1.54, 1.807) is 0 Å². The van der Waals surface area contributed by atoms with Gasteiger partial charge in [-0.3, -0.25) is 0 Å². The molecule has 3 nitrogen and oxygen atoms in total. The SMILES string of the molecule is CCC(CC)(C(O)C1CCOC1)N(C)C. The summed E-state index contributed by atoms with van der Waals surface area (Å²) in [4.78, 5) is 2.18. The molecule has 3 heteroatoms. The largest absolute Gasteiger partial charge is 0.391 e. The van der Waals surface area contributed by atoms with Crippen molar-refractivity contribution < 1.29 is 9.84 Å². The Balaban J connectivity index is 2.77. The monoisotopic (exact) mass is 215 g/mol. The molecule has 1 aliphatic rings. The number of ether oxygens (including phenoxy) is 1. The fourth-order valence-electron chi connectivity index (χ4n) is 2.81. The van der Waals surface area contributed by atoms with Crippen molar-refractivity contribution in [3.63, 3.8) is 0 Å². The van der Waals surface area contributed by atoms with E-state index < -0.39 is 0 Å². The zero-order valence-corrected chi connectivity index (χ0v) is 10.5. The van der Waals surface area contributed by atoms with Crippen LogP contribution in [-0.4, -0.2) is 49.0 Å². The molecular weight excluding hydrogens is 190 g/mol. The molecule has 15 heavy (non-hydrogen) atoms. The van der Waals surface area contributed by atoms with Crippen molar-refractivity contribution in [1.82, 2.24) is 4.90 Å². The number of nitrogens with zero attached hydrogens (tertiary/aromatic N) is 1. The third-order valence-electron chi connectivity index (χ3n) is 4.08. The van der Waals surface area contributed by atoms with Gasteiger partial charge in [0.2, 0.25) is 0 Å². The van der Waals surface area contributed by atoms with Gasteiger partial charge in [-0.1, -0.05) is 13.8 Å². The van der Waals surface area contributed by atoms with E-state index in [4.69, 9.17) is 4.74 Å². The lowest BCUT2D eigenvalue weighted by atomic mass is 9.78. The van der Waals surface area contributed by atoms with Gasteiger partial charge in [0, 0.05) is 18.1 Å². The topological polar surface area (TPSA) is 32.7 Å². The van der Waals surface area contributed by atoms with E-state index in [1.165, 1.54) is 0 Å². The Bertz CT molecular complexity index is 184. The van der Waals surface area contributed by atoms with Crippen molar-refractivity contribution in [3.05, 3.63) is 0 Å². The minimum atomic E-state index is -0.273. The Kier molecular flexibility index (Phi) is 4.56. The smallest absolute Gasteiger partial charge is 0.0774 e. The maximum absolute atomic E-state index is 10.5. The van der Waals surface area contributed by atoms with Gasteiger partial charge in [0.1, 0.15) is 0 Å². The van der Waals surface area contributed by atoms with Crippen LogP contribution in [0.15, 0.2) is 0 Å². The lowest BCUT2D eigenvalue weighted by molar-refractivity contribution is -0.0482. The number of hydrogen-bond acceptors (Lipinski definition) is 3. The molecular formula is C12H25NO2. The molecule has 1 aliphatic heterocycles. The summed E-state index contributed by atoms with van der Waals surface area (Å²) in [6.45, 7) is 5.83. The predicted octanol–water partition coefficient (Wildman–Crippen LogP) is 1.50. The first-order valence-electron chi connectivity index (χ1n) is 6.01. The van der Waals surface area contributed by atoms with Crippen molar-refractivity contribution in [3.8, 4) is 0 Å². The second kappa shape index (κ2) is 5.28. The van der Waals surface area contributed by atoms with E-state index in [9.17, 15) is 5.11 Å². The van der Waals surface area contributed by atoms with Gasteiger partial charge >= 0.3 is 0 Å². The summed E-state index contributed by atoms with van der Waals surface area (Å²) in [7, 11) is 4.12. The summed E-state index contributed by atoms with van der Waals surface area (Å²) >= 11 is 0. The number of aliphatic hydroxyl groups is 1. The van der Waals surface area contributed by atoms with E-state index >= 15 is 0 Å². The summed E-state index contributed by atoms with van der Waals surface area (Å²) in [5, 5.41) is 10.5. The summed E-state index contributed by atoms with van der Waals surface area (Å²) in [5.74, 6) is 0.312.